The summed E-state index contributed by atoms with van der Waals surface area (Å²) in [5, 5.41) is 20.8. The third-order valence-corrected chi connectivity index (χ3v) is 2.19. The molecule has 0 aromatic carbocycles. The van der Waals surface area contributed by atoms with Gasteiger partial charge in [-0.3, -0.25) is 4.79 Å². The first-order chi connectivity index (χ1) is 5.61. The van der Waals surface area contributed by atoms with Crippen LogP contribution in [0.4, 0.5) is 0 Å². The zero-order valence-corrected chi connectivity index (χ0v) is 7.16. The van der Waals surface area contributed by atoms with Crippen molar-refractivity contribution >= 4 is 5.91 Å². The minimum Gasteiger partial charge on any atom is -0.391 e. The summed E-state index contributed by atoms with van der Waals surface area (Å²) < 4.78 is 0. The van der Waals surface area contributed by atoms with E-state index in [-0.39, 0.29) is 6.04 Å². The molecule has 1 aliphatic rings. The van der Waals surface area contributed by atoms with Crippen LogP contribution in [0.25, 0.3) is 0 Å². The second kappa shape index (κ2) is 3.87. The minimum atomic E-state index is -0.988. The smallest absolute Gasteiger partial charge is 0.248 e. The van der Waals surface area contributed by atoms with Gasteiger partial charge in [-0.05, 0) is 26.2 Å². The summed E-state index contributed by atoms with van der Waals surface area (Å²) in [5.74, 6) is -0.402. The molecule has 1 saturated carbocycles. The summed E-state index contributed by atoms with van der Waals surface area (Å²) in [4.78, 5) is 11.0. The maximum absolute atomic E-state index is 11.0. The van der Waals surface area contributed by atoms with Crippen molar-refractivity contribution in [3.8, 4) is 0 Å². The number of rotatable bonds is 2. The van der Waals surface area contributed by atoms with Gasteiger partial charge in [0.25, 0.3) is 0 Å². The monoisotopic (exact) mass is 173 g/mol. The molecule has 12 heavy (non-hydrogen) atoms. The molecule has 3 atom stereocenters. The Labute approximate surface area is 71.6 Å². The van der Waals surface area contributed by atoms with Gasteiger partial charge in [-0.1, -0.05) is 0 Å². The molecule has 0 heterocycles. The lowest BCUT2D eigenvalue weighted by Crippen LogP contribution is -2.43. The molecule has 1 amide bonds. The zero-order valence-electron chi connectivity index (χ0n) is 7.16. The van der Waals surface area contributed by atoms with E-state index in [4.69, 9.17) is 5.11 Å². The second-order valence-corrected chi connectivity index (χ2v) is 3.29. The van der Waals surface area contributed by atoms with Gasteiger partial charge in [0.2, 0.25) is 5.91 Å². The van der Waals surface area contributed by atoms with Gasteiger partial charge < -0.3 is 15.5 Å². The van der Waals surface area contributed by atoms with Gasteiger partial charge >= 0.3 is 0 Å². The van der Waals surface area contributed by atoms with E-state index in [1.165, 1.54) is 6.92 Å². The number of aliphatic hydroxyl groups excluding tert-OH is 2. The van der Waals surface area contributed by atoms with Crippen molar-refractivity contribution in [2.75, 3.05) is 0 Å². The maximum Gasteiger partial charge on any atom is 0.248 e. The third kappa shape index (κ3) is 2.19. The molecule has 0 aromatic heterocycles. The van der Waals surface area contributed by atoms with Crippen molar-refractivity contribution in [1.82, 2.24) is 5.32 Å². The Morgan fingerprint density at radius 1 is 1.58 bits per heavy atom. The van der Waals surface area contributed by atoms with Crippen LogP contribution in [0.2, 0.25) is 0 Å². The van der Waals surface area contributed by atoms with E-state index in [1.807, 2.05) is 0 Å². The Morgan fingerprint density at radius 2 is 2.25 bits per heavy atom. The largest absolute Gasteiger partial charge is 0.391 e. The summed E-state index contributed by atoms with van der Waals surface area (Å²) in [6.07, 6.45) is 1.06. The Morgan fingerprint density at radius 3 is 2.67 bits per heavy atom. The third-order valence-electron chi connectivity index (χ3n) is 2.19. The topological polar surface area (TPSA) is 69.6 Å². The van der Waals surface area contributed by atoms with Crippen molar-refractivity contribution in [3.05, 3.63) is 0 Å². The minimum absolute atomic E-state index is 0.160. The number of hydrogen-bond donors (Lipinski definition) is 3. The summed E-state index contributed by atoms with van der Waals surface area (Å²) in [6.45, 7) is 1.41. The van der Waals surface area contributed by atoms with E-state index in [2.05, 4.69) is 5.32 Å². The second-order valence-electron chi connectivity index (χ2n) is 3.29. The van der Waals surface area contributed by atoms with Gasteiger partial charge in [0, 0.05) is 0 Å². The number of carbonyl (C=O) groups is 1. The molecular formula is C8H15NO3. The van der Waals surface area contributed by atoms with Gasteiger partial charge in [-0.2, -0.15) is 0 Å². The first-order valence-electron chi connectivity index (χ1n) is 4.28. The first-order valence-corrected chi connectivity index (χ1v) is 4.28. The normalized spacial score (nSPS) is 31.6. The Balaban J connectivity index is 2.35. The molecule has 0 spiro atoms. The molecule has 1 unspecified atom stereocenters. The molecule has 3 N–H and O–H groups in total. The van der Waals surface area contributed by atoms with Crippen molar-refractivity contribution in [2.24, 2.45) is 0 Å². The summed E-state index contributed by atoms with van der Waals surface area (Å²) in [6, 6.07) is -0.160. The van der Waals surface area contributed by atoms with Crippen molar-refractivity contribution in [2.45, 2.75) is 44.4 Å². The predicted molar refractivity (Wildman–Crippen MR) is 43.5 cm³/mol. The molecule has 70 valence electrons. The highest BCUT2D eigenvalue weighted by molar-refractivity contribution is 5.80. The van der Waals surface area contributed by atoms with Crippen LogP contribution in [-0.4, -0.2) is 34.4 Å². The highest BCUT2D eigenvalue weighted by atomic mass is 16.3. The van der Waals surface area contributed by atoms with Crippen LogP contribution in [0.1, 0.15) is 26.2 Å². The Bertz CT molecular complexity index is 170. The van der Waals surface area contributed by atoms with Crippen LogP contribution in [0.5, 0.6) is 0 Å². The quantitative estimate of drug-likeness (QED) is 0.522. The molecule has 4 nitrogen and oxygen atoms in total. The molecule has 1 rings (SSSR count). The molecule has 0 saturated heterocycles. The van der Waals surface area contributed by atoms with E-state index in [9.17, 15) is 9.90 Å². The van der Waals surface area contributed by atoms with Crippen LogP contribution in [0, 0.1) is 0 Å². The number of nitrogens with one attached hydrogen (secondary N) is 1. The molecule has 0 radical (unpaired) electrons. The maximum atomic E-state index is 11.0. The molecule has 1 aliphatic carbocycles. The lowest BCUT2D eigenvalue weighted by atomic mass is 10.2. The fourth-order valence-corrected chi connectivity index (χ4v) is 1.41. The Kier molecular flexibility index (Phi) is 3.05. The van der Waals surface area contributed by atoms with Crippen molar-refractivity contribution in [1.29, 1.82) is 0 Å². The van der Waals surface area contributed by atoms with E-state index in [0.29, 0.717) is 0 Å². The van der Waals surface area contributed by atoms with Crippen molar-refractivity contribution in [3.63, 3.8) is 0 Å². The highest BCUT2D eigenvalue weighted by Crippen LogP contribution is 2.18. The number of hydrogen-bond acceptors (Lipinski definition) is 3. The van der Waals surface area contributed by atoms with Crippen LogP contribution < -0.4 is 5.32 Å². The lowest BCUT2D eigenvalue weighted by molar-refractivity contribution is -0.129. The average Bonchev–Trinajstić information content (AvgIpc) is 2.36. The van der Waals surface area contributed by atoms with Crippen LogP contribution in [0.3, 0.4) is 0 Å². The molecular weight excluding hydrogens is 158 g/mol. The molecule has 1 fully saturated rings. The van der Waals surface area contributed by atoms with E-state index in [0.717, 1.165) is 19.3 Å². The van der Waals surface area contributed by atoms with Gasteiger partial charge in [-0.15, -0.1) is 0 Å². The van der Waals surface area contributed by atoms with Gasteiger partial charge in [0.15, 0.2) is 0 Å². The fraction of sp³-hybridized carbons (Fsp3) is 0.875. The van der Waals surface area contributed by atoms with Gasteiger partial charge in [0.1, 0.15) is 6.10 Å². The first kappa shape index (κ1) is 9.48. The predicted octanol–water partition coefficient (Wildman–Crippen LogP) is -0.603. The van der Waals surface area contributed by atoms with E-state index in [1.54, 1.807) is 0 Å². The summed E-state index contributed by atoms with van der Waals surface area (Å²) in [7, 11) is 0. The van der Waals surface area contributed by atoms with E-state index < -0.39 is 18.1 Å². The Hall–Kier alpha value is -0.610. The average molecular weight is 173 g/mol. The molecule has 4 heteroatoms. The van der Waals surface area contributed by atoms with Crippen molar-refractivity contribution < 1.29 is 15.0 Å². The molecule has 0 aliphatic heterocycles. The fourth-order valence-electron chi connectivity index (χ4n) is 1.41. The van der Waals surface area contributed by atoms with Gasteiger partial charge in [0.05, 0.1) is 12.1 Å². The number of aliphatic hydroxyl groups is 2. The van der Waals surface area contributed by atoms with E-state index >= 15 is 0 Å². The standard InChI is InChI=1S/C8H15NO3/c1-5(10)8(12)9-6-3-2-4-7(6)11/h5-7,10-11H,2-4H2,1H3,(H,9,12)/t5?,6-,7+/m0/s1. The number of amides is 1. The van der Waals surface area contributed by atoms with Crippen LogP contribution in [-0.2, 0) is 4.79 Å². The van der Waals surface area contributed by atoms with Crippen LogP contribution in [0.15, 0.2) is 0 Å². The van der Waals surface area contributed by atoms with Gasteiger partial charge in [-0.25, -0.2) is 0 Å². The number of carbonyl (C=O) groups excluding carboxylic acids is 1. The highest BCUT2D eigenvalue weighted by Gasteiger charge is 2.27. The summed E-state index contributed by atoms with van der Waals surface area (Å²) in [5.41, 5.74) is 0. The lowest BCUT2D eigenvalue weighted by Gasteiger charge is -2.17. The molecule has 0 aromatic rings. The SMILES string of the molecule is CC(O)C(=O)N[C@H]1CCC[C@H]1O. The zero-order chi connectivity index (χ0) is 9.14. The van der Waals surface area contributed by atoms with Crippen LogP contribution >= 0.6 is 0 Å². The molecule has 0 bridgehead atoms. The summed E-state index contributed by atoms with van der Waals surface area (Å²) >= 11 is 0.